The summed E-state index contributed by atoms with van der Waals surface area (Å²) in [6.07, 6.45) is 5.51. The minimum absolute atomic E-state index is 0.0999. The molecule has 1 aliphatic rings. The third-order valence-electron chi connectivity index (χ3n) is 2.75. The normalized spacial score (nSPS) is 18.6. The lowest BCUT2D eigenvalue weighted by Crippen LogP contribution is -2.18. The van der Waals surface area contributed by atoms with Crippen molar-refractivity contribution >= 4 is 5.95 Å². The van der Waals surface area contributed by atoms with Crippen LogP contribution in [0.25, 0.3) is 5.95 Å². The molecule has 0 spiro atoms. The average Bonchev–Trinajstić information content (AvgIpc) is 3.09. The molecule has 0 amide bonds. The van der Waals surface area contributed by atoms with Crippen molar-refractivity contribution in [2.75, 3.05) is 18.9 Å². The Labute approximate surface area is 109 Å². The highest BCUT2D eigenvalue weighted by molar-refractivity contribution is 5.24. The molecule has 0 aliphatic carbocycles. The fraction of sp³-hybridized carbons (Fsp3) is 0.455. The van der Waals surface area contributed by atoms with Crippen molar-refractivity contribution < 1.29 is 9.47 Å². The van der Waals surface area contributed by atoms with Crippen molar-refractivity contribution in [3.05, 3.63) is 18.5 Å². The lowest BCUT2D eigenvalue weighted by molar-refractivity contribution is 0.0645. The Morgan fingerprint density at radius 3 is 3.11 bits per heavy atom. The van der Waals surface area contributed by atoms with Crippen LogP contribution in [0.2, 0.25) is 0 Å². The molecule has 0 aromatic carbocycles. The Morgan fingerprint density at radius 1 is 1.42 bits per heavy atom. The molecule has 2 aromatic heterocycles. The Hall–Kier alpha value is -2.22. The molecule has 8 nitrogen and oxygen atoms in total. The maximum atomic E-state index is 5.63. The Bertz CT molecular complexity index is 538. The SMILES string of the molecule is Nc1nc(OCC2CCCO2)nc(-n2cccn2)n1. The van der Waals surface area contributed by atoms with E-state index in [-0.39, 0.29) is 18.1 Å². The highest BCUT2D eigenvalue weighted by Crippen LogP contribution is 2.14. The molecule has 1 saturated heterocycles. The van der Waals surface area contributed by atoms with E-state index in [0.29, 0.717) is 12.6 Å². The molecule has 8 heteroatoms. The topological polar surface area (TPSA) is 101 Å². The van der Waals surface area contributed by atoms with E-state index in [1.54, 1.807) is 18.5 Å². The first kappa shape index (κ1) is 11.8. The van der Waals surface area contributed by atoms with Gasteiger partial charge in [0.2, 0.25) is 5.95 Å². The van der Waals surface area contributed by atoms with Gasteiger partial charge in [0.15, 0.2) is 0 Å². The van der Waals surface area contributed by atoms with Crippen molar-refractivity contribution in [1.82, 2.24) is 24.7 Å². The number of anilines is 1. The zero-order chi connectivity index (χ0) is 13.1. The van der Waals surface area contributed by atoms with Crippen LogP contribution in [0, 0.1) is 0 Å². The lowest BCUT2D eigenvalue weighted by Gasteiger charge is -2.10. The van der Waals surface area contributed by atoms with Gasteiger partial charge in [-0.15, -0.1) is 0 Å². The second-order valence-corrected chi connectivity index (χ2v) is 4.17. The summed E-state index contributed by atoms with van der Waals surface area (Å²) in [6.45, 7) is 1.20. The van der Waals surface area contributed by atoms with E-state index in [9.17, 15) is 0 Å². The van der Waals surface area contributed by atoms with Gasteiger partial charge in [-0.05, 0) is 18.9 Å². The molecule has 19 heavy (non-hydrogen) atoms. The van der Waals surface area contributed by atoms with Crippen LogP contribution >= 0.6 is 0 Å². The van der Waals surface area contributed by atoms with Crippen LogP contribution in [0.4, 0.5) is 5.95 Å². The van der Waals surface area contributed by atoms with E-state index in [2.05, 4.69) is 20.1 Å². The summed E-state index contributed by atoms with van der Waals surface area (Å²) >= 11 is 0. The molecular weight excluding hydrogens is 248 g/mol. The summed E-state index contributed by atoms with van der Waals surface area (Å²) in [5.41, 5.74) is 5.63. The number of nitrogens with two attached hydrogens (primary N) is 1. The molecule has 3 heterocycles. The standard InChI is InChI=1S/C11H14N6O2/c12-9-14-10(17-5-2-4-13-17)16-11(15-9)19-7-8-3-1-6-18-8/h2,4-5,8H,1,3,6-7H2,(H2,12,14,15,16). The van der Waals surface area contributed by atoms with Gasteiger partial charge in [-0.1, -0.05) is 0 Å². The maximum Gasteiger partial charge on any atom is 0.323 e. The molecule has 1 atom stereocenters. The van der Waals surface area contributed by atoms with Crippen LogP contribution in [-0.4, -0.2) is 44.1 Å². The number of hydrogen-bond acceptors (Lipinski definition) is 7. The molecular formula is C11H14N6O2. The highest BCUT2D eigenvalue weighted by Gasteiger charge is 2.17. The van der Waals surface area contributed by atoms with Crippen molar-refractivity contribution in [2.45, 2.75) is 18.9 Å². The van der Waals surface area contributed by atoms with Gasteiger partial charge < -0.3 is 15.2 Å². The van der Waals surface area contributed by atoms with E-state index in [0.717, 1.165) is 19.4 Å². The second kappa shape index (κ2) is 5.19. The van der Waals surface area contributed by atoms with E-state index < -0.39 is 0 Å². The predicted molar refractivity (Wildman–Crippen MR) is 65.8 cm³/mol. The minimum atomic E-state index is 0.0999. The Morgan fingerprint density at radius 2 is 2.37 bits per heavy atom. The number of nitrogens with zero attached hydrogens (tertiary/aromatic N) is 5. The summed E-state index contributed by atoms with van der Waals surface area (Å²) < 4.78 is 12.5. The number of aromatic nitrogens is 5. The van der Waals surface area contributed by atoms with Crippen molar-refractivity contribution in [2.24, 2.45) is 0 Å². The van der Waals surface area contributed by atoms with Gasteiger partial charge in [-0.2, -0.15) is 20.1 Å². The van der Waals surface area contributed by atoms with E-state index in [1.165, 1.54) is 4.68 Å². The molecule has 2 N–H and O–H groups in total. The van der Waals surface area contributed by atoms with Crippen LogP contribution in [-0.2, 0) is 4.74 Å². The molecule has 0 radical (unpaired) electrons. The van der Waals surface area contributed by atoms with E-state index in [1.807, 2.05) is 0 Å². The van der Waals surface area contributed by atoms with Crippen LogP contribution in [0.1, 0.15) is 12.8 Å². The van der Waals surface area contributed by atoms with Gasteiger partial charge in [0.25, 0.3) is 5.95 Å². The minimum Gasteiger partial charge on any atom is -0.461 e. The number of nitrogen functional groups attached to an aromatic ring is 1. The van der Waals surface area contributed by atoms with Gasteiger partial charge in [0.05, 0.1) is 6.10 Å². The fourth-order valence-electron chi connectivity index (χ4n) is 1.86. The summed E-state index contributed by atoms with van der Waals surface area (Å²) in [5, 5.41) is 4.03. The van der Waals surface area contributed by atoms with E-state index >= 15 is 0 Å². The van der Waals surface area contributed by atoms with Crippen molar-refractivity contribution in [1.29, 1.82) is 0 Å². The van der Waals surface area contributed by atoms with Gasteiger partial charge in [-0.25, -0.2) is 4.68 Å². The van der Waals surface area contributed by atoms with Crippen LogP contribution in [0.5, 0.6) is 6.01 Å². The molecule has 1 unspecified atom stereocenters. The molecule has 100 valence electrons. The summed E-state index contributed by atoms with van der Waals surface area (Å²) in [6, 6.07) is 1.96. The molecule has 1 aliphatic heterocycles. The third-order valence-corrected chi connectivity index (χ3v) is 2.75. The van der Waals surface area contributed by atoms with Crippen LogP contribution in [0.3, 0.4) is 0 Å². The van der Waals surface area contributed by atoms with Crippen LogP contribution < -0.4 is 10.5 Å². The Balaban J connectivity index is 1.74. The Kier molecular flexibility index (Phi) is 3.23. The maximum absolute atomic E-state index is 5.63. The first-order valence-electron chi connectivity index (χ1n) is 6.07. The lowest BCUT2D eigenvalue weighted by atomic mass is 10.2. The third kappa shape index (κ3) is 2.79. The quantitative estimate of drug-likeness (QED) is 0.839. The largest absolute Gasteiger partial charge is 0.461 e. The number of rotatable bonds is 4. The number of ether oxygens (including phenoxy) is 2. The van der Waals surface area contributed by atoms with Gasteiger partial charge >= 0.3 is 6.01 Å². The zero-order valence-electron chi connectivity index (χ0n) is 10.3. The van der Waals surface area contributed by atoms with Gasteiger partial charge in [0.1, 0.15) is 6.61 Å². The van der Waals surface area contributed by atoms with Gasteiger partial charge in [-0.3, -0.25) is 0 Å². The summed E-state index contributed by atoms with van der Waals surface area (Å²) in [4.78, 5) is 12.1. The average molecular weight is 262 g/mol. The molecule has 1 fully saturated rings. The van der Waals surface area contributed by atoms with Crippen LogP contribution in [0.15, 0.2) is 18.5 Å². The van der Waals surface area contributed by atoms with Gasteiger partial charge in [0, 0.05) is 19.0 Å². The second-order valence-electron chi connectivity index (χ2n) is 4.17. The van der Waals surface area contributed by atoms with E-state index in [4.69, 9.17) is 15.2 Å². The fourth-order valence-corrected chi connectivity index (χ4v) is 1.86. The molecule has 2 aromatic rings. The highest BCUT2D eigenvalue weighted by atomic mass is 16.5. The van der Waals surface area contributed by atoms with Crippen molar-refractivity contribution in [3.63, 3.8) is 0 Å². The van der Waals surface area contributed by atoms with Crippen molar-refractivity contribution in [3.8, 4) is 12.0 Å². The number of hydrogen-bond donors (Lipinski definition) is 1. The zero-order valence-corrected chi connectivity index (χ0v) is 10.3. The summed E-state index contributed by atoms with van der Waals surface area (Å²) in [5.74, 6) is 0.433. The molecule has 0 bridgehead atoms. The predicted octanol–water partition coefficient (Wildman–Crippen LogP) is 0.197. The summed E-state index contributed by atoms with van der Waals surface area (Å²) in [7, 11) is 0. The molecule has 0 saturated carbocycles. The smallest absolute Gasteiger partial charge is 0.323 e. The molecule has 3 rings (SSSR count). The monoisotopic (exact) mass is 262 g/mol. The first-order chi connectivity index (χ1) is 9.31. The first-order valence-corrected chi connectivity index (χ1v) is 6.07.